The van der Waals surface area contributed by atoms with Gasteiger partial charge in [0.05, 0.1) is 44.0 Å². The fourth-order valence-electron chi connectivity index (χ4n) is 6.96. The Labute approximate surface area is 254 Å². The number of ether oxygens (including phenoxy) is 2. The third-order valence-electron chi connectivity index (χ3n) is 9.20. The topological polar surface area (TPSA) is 89.6 Å². The molecule has 7 rings (SSSR count). The first-order chi connectivity index (χ1) is 22.1. The van der Waals surface area contributed by atoms with Gasteiger partial charge >= 0.3 is 12.2 Å². The Morgan fingerprint density at radius 3 is 2.69 bits per heavy atom. The van der Waals surface area contributed by atoms with Crippen LogP contribution in [0.5, 0.6) is 6.01 Å². The zero-order chi connectivity index (χ0) is 33.8. The highest BCUT2D eigenvalue weighted by Gasteiger charge is 2.56. The maximum absolute atomic E-state index is 16.5. The van der Waals surface area contributed by atoms with Crippen molar-refractivity contribution in [3.8, 4) is 17.3 Å². The van der Waals surface area contributed by atoms with Gasteiger partial charge in [-0.05, 0) is 31.9 Å². The first-order valence-electron chi connectivity index (χ1n) is 15.3. The number of halogens is 8. The van der Waals surface area contributed by atoms with Gasteiger partial charge in [0.1, 0.15) is 41.6 Å². The van der Waals surface area contributed by atoms with Crippen LogP contribution in [0.2, 0.25) is 0 Å². The lowest BCUT2D eigenvalue weighted by Crippen LogP contribution is -2.43. The molecule has 1 saturated carbocycles. The summed E-state index contributed by atoms with van der Waals surface area (Å²) in [6.45, 7) is -1.35. The van der Waals surface area contributed by atoms with Gasteiger partial charge in [-0.1, -0.05) is 0 Å². The normalized spacial score (nSPS) is 29.3. The maximum Gasteiger partial charge on any atom is 0.417 e. The number of aromatic nitrogens is 3. The van der Waals surface area contributed by atoms with Crippen molar-refractivity contribution in [2.24, 2.45) is 5.92 Å². The summed E-state index contributed by atoms with van der Waals surface area (Å²) in [5.74, 6) is -5.93. The summed E-state index contributed by atoms with van der Waals surface area (Å²) >= 11 is 0. The van der Waals surface area contributed by atoms with E-state index in [-0.39, 0.29) is 50.3 Å². The van der Waals surface area contributed by atoms with Gasteiger partial charge in [0.15, 0.2) is 17.5 Å². The Morgan fingerprint density at radius 2 is 1.93 bits per heavy atom. The van der Waals surface area contributed by atoms with E-state index in [4.69, 9.17) is 17.9 Å². The molecule has 3 saturated heterocycles. The van der Waals surface area contributed by atoms with Crippen molar-refractivity contribution in [1.29, 1.82) is 0 Å². The summed E-state index contributed by atoms with van der Waals surface area (Å²) in [6.07, 6.45) is -6.64. The Kier molecular flexibility index (Phi) is 6.48. The summed E-state index contributed by atoms with van der Waals surface area (Å²) < 4.78 is 147. The zero-order valence-electron chi connectivity index (χ0n) is 25.7. The SMILES string of the molecule is [2H]C([2H])(Oc1nc(N2CCOC[C@H]3[C@H](F)[C@H]32)c2cnc(-c3c(F)c(N)c(F)c(C)c3C(F)(F)F)c(F)c2n1)[C@@]12CCCN1C[C@H](F)C2. The number of nitrogens with two attached hydrogens (primary N) is 1. The highest BCUT2D eigenvalue weighted by Crippen LogP contribution is 2.47. The van der Waals surface area contributed by atoms with Crippen LogP contribution in [-0.2, 0) is 10.9 Å². The molecule has 1 aliphatic carbocycles. The number of pyridine rings is 1. The number of hydrogen-bond acceptors (Lipinski definition) is 8. The molecule has 2 aromatic heterocycles. The molecular weight excluding hydrogens is 616 g/mol. The predicted octanol–water partition coefficient (Wildman–Crippen LogP) is 5.15. The smallest absolute Gasteiger partial charge is 0.417 e. The molecule has 45 heavy (non-hydrogen) atoms. The lowest BCUT2D eigenvalue weighted by Gasteiger charge is -2.31. The Bertz CT molecular complexity index is 1780. The molecule has 0 radical (unpaired) electrons. The van der Waals surface area contributed by atoms with Crippen molar-refractivity contribution in [1.82, 2.24) is 19.9 Å². The van der Waals surface area contributed by atoms with Crippen molar-refractivity contribution in [2.75, 3.05) is 50.0 Å². The molecule has 3 aromatic rings. The number of fused-ring (bicyclic) bond motifs is 3. The van der Waals surface area contributed by atoms with Gasteiger partial charge in [-0.2, -0.15) is 23.1 Å². The molecule has 0 bridgehead atoms. The predicted molar refractivity (Wildman–Crippen MR) is 146 cm³/mol. The van der Waals surface area contributed by atoms with Crippen LogP contribution in [0.1, 0.15) is 33.1 Å². The number of anilines is 2. The second kappa shape index (κ2) is 10.5. The standard InChI is InChI=1S/C29H28F8N6O2/c1-12-17(29(35,36)37)16(20(33)22(38)18(12)31)24-21(34)23-14(8-39-24)26(43-5-6-44-10-15-19(32)25(15)43)41-27(40-23)45-11-28-3-2-4-42(28)9-13(30)7-28/h8,13,15,19,25H,2-7,9-11,38H2,1H3/t13-,15+,19+,25+,28+/m1/s1/i11D2. The summed E-state index contributed by atoms with van der Waals surface area (Å²) in [6, 6.07) is -1.57. The summed E-state index contributed by atoms with van der Waals surface area (Å²) in [4.78, 5) is 15.2. The number of alkyl halides is 5. The fraction of sp³-hybridized carbons (Fsp3) is 0.552. The second-order valence-corrected chi connectivity index (χ2v) is 11.9. The maximum atomic E-state index is 16.5. The van der Waals surface area contributed by atoms with E-state index in [1.54, 1.807) is 4.90 Å². The molecule has 2 N–H and O–H groups in total. The molecule has 1 aromatic carbocycles. The average molecular weight is 647 g/mol. The Hall–Kier alpha value is -3.53. The Balaban J connectivity index is 1.43. The minimum Gasteiger partial charge on any atom is -0.461 e. The van der Waals surface area contributed by atoms with E-state index >= 15 is 8.78 Å². The van der Waals surface area contributed by atoms with Crippen LogP contribution in [0, 0.1) is 30.3 Å². The highest BCUT2D eigenvalue weighted by molar-refractivity contribution is 5.93. The number of benzene rings is 1. The van der Waals surface area contributed by atoms with Crippen LogP contribution in [0.25, 0.3) is 22.2 Å². The van der Waals surface area contributed by atoms with E-state index in [1.165, 1.54) is 4.90 Å². The lowest BCUT2D eigenvalue weighted by atomic mass is 9.95. The van der Waals surface area contributed by atoms with Crippen LogP contribution in [-0.4, -0.2) is 83.2 Å². The zero-order valence-corrected chi connectivity index (χ0v) is 23.7. The van der Waals surface area contributed by atoms with E-state index < -0.39 is 99.6 Å². The van der Waals surface area contributed by atoms with Gasteiger partial charge in [0.25, 0.3) is 0 Å². The molecule has 16 heteroatoms. The lowest BCUT2D eigenvalue weighted by molar-refractivity contribution is -0.137. The van der Waals surface area contributed by atoms with Gasteiger partial charge in [-0.3, -0.25) is 9.88 Å². The van der Waals surface area contributed by atoms with Crippen molar-refractivity contribution in [3.05, 3.63) is 34.8 Å². The number of nitrogens with zero attached hydrogens (tertiary/aromatic N) is 5. The summed E-state index contributed by atoms with van der Waals surface area (Å²) in [5, 5.41) is -0.231. The number of rotatable bonds is 5. The Morgan fingerprint density at radius 1 is 1.16 bits per heavy atom. The first kappa shape index (κ1) is 27.8. The largest absolute Gasteiger partial charge is 0.461 e. The van der Waals surface area contributed by atoms with Crippen LogP contribution in [0.3, 0.4) is 0 Å². The minimum absolute atomic E-state index is 0.0294. The quantitative estimate of drug-likeness (QED) is 0.301. The van der Waals surface area contributed by atoms with E-state index in [1.807, 2.05) is 0 Å². The van der Waals surface area contributed by atoms with Crippen molar-refractivity contribution < 1.29 is 47.3 Å². The summed E-state index contributed by atoms with van der Waals surface area (Å²) in [5.41, 5.74) is -3.62. The summed E-state index contributed by atoms with van der Waals surface area (Å²) in [7, 11) is 0. The van der Waals surface area contributed by atoms with E-state index in [0.717, 1.165) is 6.20 Å². The molecule has 0 amide bonds. The van der Waals surface area contributed by atoms with Gasteiger partial charge in [0.2, 0.25) is 0 Å². The molecule has 3 aliphatic heterocycles. The minimum atomic E-state index is -5.37. The highest BCUT2D eigenvalue weighted by atomic mass is 19.4. The molecule has 4 fully saturated rings. The fourth-order valence-corrected chi connectivity index (χ4v) is 6.96. The van der Waals surface area contributed by atoms with E-state index in [2.05, 4.69) is 15.0 Å². The van der Waals surface area contributed by atoms with Gasteiger partial charge in [-0.25, -0.2) is 22.0 Å². The van der Waals surface area contributed by atoms with Crippen molar-refractivity contribution in [3.63, 3.8) is 0 Å². The molecule has 0 unspecified atom stereocenters. The van der Waals surface area contributed by atoms with Crippen LogP contribution in [0.15, 0.2) is 6.20 Å². The average Bonchev–Trinajstić information content (AvgIpc) is 3.35. The molecule has 242 valence electrons. The van der Waals surface area contributed by atoms with E-state index in [0.29, 0.717) is 19.9 Å². The van der Waals surface area contributed by atoms with Crippen molar-refractivity contribution >= 4 is 22.4 Å². The van der Waals surface area contributed by atoms with Gasteiger partial charge in [-0.15, -0.1) is 0 Å². The molecular formula is C29H28F8N6O2. The third kappa shape index (κ3) is 4.73. The van der Waals surface area contributed by atoms with Crippen LogP contribution < -0.4 is 15.4 Å². The molecule has 5 heterocycles. The second-order valence-electron chi connectivity index (χ2n) is 11.9. The van der Waals surface area contributed by atoms with E-state index in [9.17, 15) is 26.3 Å². The third-order valence-corrected chi connectivity index (χ3v) is 9.20. The molecule has 8 nitrogen and oxygen atoms in total. The van der Waals surface area contributed by atoms with Crippen LogP contribution in [0.4, 0.5) is 46.6 Å². The number of nitrogen functional groups attached to an aromatic ring is 1. The number of hydrogen-bond donors (Lipinski definition) is 1. The van der Waals surface area contributed by atoms with Gasteiger partial charge in [0, 0.05) is 31.6 Å². The van der Waals surface area contributed by atoms with Crippen LogP contribution >= 0.6 is 0 Å². The van der Waals surface area contributed by atoms with Gasteiger partial charge < -0.3 is 20.1 Å². The first-order valence-corrected chi connectivity index (χ1v) is 14.3. The molecule has 4 aliphatic rings. The monoisotopic (exact) mass is 646 g/mol. The van der Waals surface area contributed by atoms with Crippen molar-refractivity contribution in [2.45, 2.75) is 56.3 Å². The molecule has 0 spiro atoms. The molecule has 5 atom stereocenters.